The van der Waals surface area contributed by atoms with Crippen LogP contribution in [0.25, 0.3) is 0 Å². The SMILES string of the molecule is COC(=O)C(C)(C)Oc1cccc(N)c1C. The third-order valence-electron chi connectivity index (χ3n) is 2.37. The third-order valence-corrected chi connectivity index (χ3v) is 2.37. The largest absolute Gasteiger partial charge is 0.476 e. The quantitative estimate of drug-likeness (QED) is 0.628. The van der Waals surface area contributed by atoms with Gasteiger partial charge < -0.3 is 15.2 Å². The van der Waals surface area contributed by atoms with Gasteiger partial charge in [0, 0.05) is 11.3 Å². The summed E-state index contributed by atoms with van der Waals surface area (Å²) in [7, 11) is 1.33. The number of carbonyl (C=O) groups is 1. The molecular weight excluding hydrogens is 206 g/mol. The van der Waals surface area contributed by atoms with Crippen LogP contribution in [0, 0.1) is 6.92 Å². The Bertz CT molecular complexity index is 399. The molecule has 0 aliphatic carbocycles. The summed E-state index contributed by atoms with van der Waals surface area (Å²) >= 11 is 0. The Morgan fingerprint density at radius 2 is 2.00 bits per heavy atom. The molecule has 0 heterocycles. The van der Waals surface area contributed by atoms with E-state index in [1.54, 1.807) is 32.0 Å². The molecule has 0 aliphatic heterocycles. The van der Waals surface area contributed by atoms with Crippen LogP contribution >= 0.6 is 0 Å². The minimum absolute atomic E-state index is 0.422. The van der Waals surface area contributed by atoms with Crippen molar-refractivity contribution >= 4 is 11.7 Å². The van der Waals surface area contributed by atoms with Crippen molar-refractivity contribution in [1.82, 2.24) is 0 Å². The van der Waals surface area contributed by atoms with E-state index in [1.807, 2.05) is 6.92 Å². The van der Waals surface area contributed by atoms with Gasteiger partial charge in [-0.2, -0.15) is 0 Å². The molecule has 0 atom stereocenters. The number of carbonyl (C=O) groups excluding carboxylic acids is 1. The van der Waals surface area contributed by atoms with E-state index in [0.29, 0.717) is 11.4 Å². The molecule has 0 fully saturated rings. The summed E-state index contributed by atoms with van der Waals surface area (Å²) in [6, 6.07) is 5.34. The van der Waals surface area contributed by atoms with E-state index in [0.717, 1.165) is 5.56 Å². The normalized spacial score (nSPS) is 11.0. The van der Waals surface area contributed by atoms with Crippen molar-refractivity contribution in [1.29, 1.82) is 0 Å². The Morgan fingerprint density at radius 1 is 1.38 bits per heavy atom. The fourth-order valence-electron chi connectivity index (χ4n) is 1.30. The lowest BCUT2D eigenvalue weighted by Gasteiger charge is -2.24. The van der Waals surface area contributed by atoms with Gasteiger partial charge in [-0.3, -0.25) is 0 Å². The molecule has 0 bridgehead atoms. The molecule has 1 aromatic rings. The molecule has 0 amide bonds. The molecule has 1 aromatic carbocycles. The molecule has 0 aromatic heterocycles. The summed E-state index contributed by atoms with van der Waals surface area (Å²) in [4.78, 5) is 11.5. The smallest absolute Gasteiger partial charge is 0.349 e. The van der Waals surface area contributed by atoms with E-state index >= 15 is 0 Å². The van der Waals surface area contributed by atoms with Gasteiger partial charge >= 0.3 is 5.97 Å². The van der Waals surface area contributed by atoms with Crippen molar-refractivity contribution in [2.75, 3.05) is 12.8 Å². The lowest BCUT2D eigenvalue weighted by Crippen LogP contribution is -2.39. The number of anilines is 1. The highest BCUT2D eigenvalue weighted by atomic mass is 16.6. The van der Waals surface area contributed by atoms with Gasteiger partial charge in [-0.05, 0) is 32.9 Å². The summed E-state index contributed by atoms with van der Waals surface area (Å²) in [5.41, 5.74) is 6.19. The lowest BCUT2D eigenvalue weighted by molar-refractivity contribution is -0.156. The van der Waals surface area contributed by atoms with Gasteiger partial charge in [0.05, 0.1) is 7.11 Å². The van der Waals surface area contributed by atoms with Crippen LogP contribution in [-0.2, 0) is 9.53 Å². The lowest BCUT2D eigenvalue weighted by atomic mass is 10.1. The summed E-state index contributed by atoms with van der Waals surface area (Å²) in [5, 5.41) is 0. The van der Waals surface area contributed by atoms with Gasteiger partial charge in [-0.25, -0.2) is 4.79 Å². The van der Waals surface area contributed by atoms with Gasteiger partial charge in [0.2, 0.25) is 0 Å². The number of nitrogens with two attached hydrogens (primary N) is 1. The fraction of sp³-hybridized carbons (Fsp3) is 0.417. The number of hydrogen-bond acceptors (Lipinski definition) is 4. The van der Waals surface area contributed by atoms with Crippen LogP contribution < -0.4 is 10.5 Å². The summed E-state index contributed by atoms with van der Waals surface area (Å²) < 4.78 is 10.3. The van der Waals surface area contributed by atoms with Crippen LogP contribution in [0.5, 0.6) is 5.75 Å². The average Bonchev–Trinajstić information content (AvgIpc) is 2.23. The molecule has 2 N–H and O–H groups in total. The van der Waals surface area contributed by atoms with Gasteiger partial charge in [0.15, 0.2) is 5.60 Å². The van der Waals surface area contributed by atoms with Crippen molar-refractivity contribution in [2.45, 2.75) is 26.4 Å². The molecule has 88 valence electrons. The first-order chi connectivity index (χ1) is 7.38. The number of hydrogen-bond donors (Lipinski definition) is 1. The van der Waals surface area contributed by atoms with Crippen molar-refractivity contribution in [3.05, 3.63) is 23.8 Å². The van der Waals surface area contributed by atoms with Crippen molar-refractivity contribution in [2.24, 2.45) is 0 Å². The number of methoxy groups -OCH3 is 1. The van der Waals surface area contributed by atoms with Crippen molar-refractivity contribution < 1.29 is 14.3 Å². The highest BCUT2D eigenvalue weighted by molar-refractivity contribution is 5.79. The number of nitrogen functional groups attached to an aromatic ring is 1. The number of ether oxygens (including phenoxy) is 2. The van der Waals surface area contributed by atoms with Crippen molar-refractivity contribution in [3.8, 4) is 5.75 Å². The maximum Gasteiger partial charge on any atom is 0.349 e. The van der Waals surface area contributed by atoms with E-state index in [-0.39, 0.29) is 0 Å². The van der Waals surface area contributed by atoms with Gasteiger partial charge in [0.1, 0.15) is 5.75 Å². The Hall–Kier alpha value is -1.71. The van der Waals surface area contributed by atoms with Gasteiger partial charge in [0.25, 0.3) is 0 Å². The van der Waals surface area contributed by atoms with Crippen molar-refractivity contribution in [3.63, 3.8) is 0 Å². The van der Waals surface area contributed by atoms with Crippen LogP contribution in [0.4, 0.5) is 5.69 Å². The standard InChI is InChI=1S/C12H17NO3/c1-8-9(13)6-5-7-10(8)16-12(2,3)11(14)15-4/h5-7H,13H2,1-4H3. The molecule has 1 rings (SSSR count). The van der Waals surface area contributed by atoms with E-state index < -0.39 is 11.6 Å². The van der Waals surface area contributed by atoms with E-state index in [4.69, 9.17) is 10.5 Å². The number of esters is 1. The maximum atomic E-state index is 11.5. The minimum Gasteiger partial charge on any atom is -0.476 e. The topological polar surface area (TPSA) is 61.5 Å². The molecular formula is C12H17NO3. The summed E-state index contributed by atoms with van der Waals surface area (Å²) in [5.74, 6) is 0.171. The zero-order chi connectivity index (χ0) is 12.3. The molecule has 16 heavy (non-hydrogen) atoms. The predicted octanol–water partition coefficient (Wildman–Crippen LogP) is 1.91. The van der Waals surface area contributed by atoms with Crippen LogP contribution in [0.1, 0.15) is 19.4 Å². The zero-order valence-corrected chi connectivity index (χ0v) is 10.0. The molecule has 0 aliphatic rings. The fourth-order valence-corrected chi connectivity index (χ4v) is 1.30. The Labute approximate surface area is 95.3 Å². The third kappa shape index (κ3) is 2.45. The highest BCUT2D eigenvalue weighted by Gasteiger charge is 2.31. The van der Waals surface area contributed by atoms with Crippen LogP contribution in [0.3, 0.4) is 0 Å². The molecule has 4 nitrogen and oxygen atoms in total. The Morgan fingerprint density at radius 3 is 2.56 bits per heavy atom. The molecule has 0 saturated carbocycles. The molecule has 0 spiro atoms. The van der Waals surface area contributed by atoms with Gasteiger partial charge in [-0.1, -0.05) is 6.07 Å². The molecule has 0 radical (unpaired) electrons. The number of benzene rings is 1. The first-order valence-corrected chi connectivity index (χ1v) is 5.01. The Kier molecular flexibility index (Phi) is 3.42. The molecule has 0 saturated heterocycles. The monoisotopic (exact) mass is 223 g/mol. The highest BCUT2D eigenvalue weighted by Crippen LogP contribution is 2.27. The first-order valence-electron chi connectivity index (χ1n) is 5.01. The summed E-state index contributed by atoms with van der Waals surface area (Å²) in [6.45, 7) is 5.15. The van der Waals surface area contributed by atoms with Crippen LogP contribution in [0.15, 0.2) is 18.2 Å². The minimum atomic E-state index is -1.02. The second-order valence-electron chi connectivity index (χ2n) is 4.07. The molecule has 0 unspecified atom stereocenters. The predicted molar refractivity (Wildman–Crippen MR) is 62.3 cm³/mol. The van der Waals surface area contributed by atoms with E-state index in [2.05, 4.69) is 4.74 Å². The second kappa shape index (κ2) is 4.43. The van der Waals surface area contributed by atoms with E-state index in [1.165, 1.54) is 7.11 Å². The number of rotatable bonds is 3. The second-order valence-corrected chi connectivity index (χ2v) is 4.07. The summed E-state index contributed by atoms with van der Waals surface area (Å²) in [6.07, 6.45) is 0. The van der Waals surface area contributed by atoms with Crippen LogP contribution in [-0.4, -0.2) is 18.7 Å². The van der Waals surface area contributed by atoms with E-state index in [9.17, 15) is 4.79 Å². The van der Waals surface area contributed by atoms with Gasteiger partial charge in [-0.15, -0.1) is 0 Å². The maximum absolute atomic E-state index is 11.5. The Balaban J connectivity index is 2.96. The zero-order valence-electron chi connectivity index (χ0n) is 10.0. The molecule has 4 heteroatoms. The van der Waals surface area contributed by atoms with Crippen LogP contribution in [0.2, 0.25) is 0 Å². The first kappa shape index (κ1) is 12.4. The average molecular weight is 223 g/mol.